The number of aliphatic hydroxyl groups excluding tert-OH is 1. The smallest absolute Gasteiger partial charge is 0.125 e. The number of hydrogen-bond donors (Lipinski definition) is 1. The van der Waals surface area contributed by atoms with Crippen LogP contribution in [0.5, 0.6) is 0 Å². The summed E-state index contributed by atoms with van der Waals surface area (Å²) < 4.78 is 5.64. The Kier molecular flexibility index (Phi) is 8.69. The molecule has 0 amide bonds. The van der Waals surface area contributed by atoms with Gasteiger partial charge in [0, 0.05) is 6.54 Å². The largest absolute Gasteiger partial charge is 0.389 e. The molecule has 0 radical (unpaired) electrons. The van der Waals surface area contributed by atoms with Crippen LogP contribution in [-0.4, -0.2) is 48.0 Å². The Hall–Kier alpha value is -0.270. The van der Waals surface area contributed by atoms with Gasteiger partial charge in [-0.2, -0.15) is 0 Å². The van der Waals surface area contributed by atoms with Crippen molar-refractivity contribution >= 4 is 12.4 Å². The van der Waals surface area contributed by atoms with Gasteiger partial charge in [0.05, 0.1) is 12.7 Å². The van der Waals surface area contributed by atoms with Crippen molar-refractivity contribution in [2.45, 2.75) is 51.7 Å². The molecule has 3 nitrogen and oxygen atoms in total. The predicted octanol–water partition coefficient (Wildman–Crippen LogP) is 2.32. The van der Waals surface area contributed by atoms with Crippen LogP contribution in [-0.2, 0) is 4.74 Å². The molecule has 19 heavy (non-hydrogen) atoms. The van der Waals surface area contributed by atoms with E-state index >= 15 is 0 Å². The summed E-state index contributed by atoms with van der Waals surface area (Å²) in [5.74, 6) is 3.46. The molecular weight excluding hydrogens is 262 g/mol. The number of halogens is 1. The molecule has 0 aromatic carbocycles. The fourth-order valence-corrected chi connectivity index (χ4v) is 2.12. The zero-order chi connectivity index (χ0) is 13.6. The van der Waals surface area contributed by atoms with E-state index in [2.05, 4.69) is 17.7 Å². The molecule has 1 fully saturated rings. The summed E-state index contributed by atoms with van der Waals surface area (Å²) in [7, 11) is 0. The third kappa shape index (κ3) is 6.63. The van der Waals surface area contributed by atoms with Crippen LogP contribution in [0.25, 0.3) is 0 Å². The number of aliphatic hydroxyl groups is 1. The van der Waals surface area contributed by atoms with E-state index in [-0.39, 0.29) is 12.4 Å². The van der Waals surface area contributed by atoms with Crippen LogP contribution in [0.2, 0.25) is 0 Å². The Balaban J connectivity index is 0.00000324. The van der Waals surface area contributed by atoms with Crippen molar-refractivity contribution in [3.8, 4) is 12.3 Å². The zero-order valence-corrected chi connectivity index (χ0v) is 13.2. The third-order valence-electron chi connectivity index (χ3n) is 3.92. The molecule has 112 valence electrons. The van der Waals surface area contributed by atoms with Gasteiger partial charge in [-0.3, -0.25) is 0 Å². The van der Waals surface area contributed by atoms with E-state index in [0.717, 1.165) is 25.4 Å². The minimum atomic E-state index is -0.544. The van der Waals surface area contributed by atoms with E-state index in [1.807, 2.05) is 13.8 Å². The molecule has 0 bridgehead atoms. The molecule has 0 aliphatic carbocycles. The Morgan fingerprint density at radius 1 is 1.47 bits per heavy atom. The number of terminal acetylenes is 1. The van der Waals surface area contributed by atoms with Crippen LogP contribution in [0.3, 0.4) is 0 Å². The molecule has 4 heteroatoms. The maximum atomic E-state index is 9.99. The number of nitrogens with zero attached hydrogens (tertiary/aromatic N) is 1. The Morgan fingerprint density at radius 3 is 2.53 bits per heavy atom. The fraction of sp³-hybridized carbons (Fsp3) is 0.867. The summed E-state index contributed by atoms with van der Waals surface area (Å²) in [6.07, 6.45) is 8.20. The fourth-order valence-electron chi connectivity index (χ4n) is 2.12. The Labute approximate surface area is 124 Å². The Morgan fingerprint density at radius 2 is 2.05 bits per heavy atom. The predicted molar refractivity (Wildman–Crippen MR) is 81.6 cm³/mol. The van der Waals surface area contributed by atoms with Gasteiger partial charge in [-0.1, -0.05) is 19.8 Å². The molecular formula is C15H28ClNO2. The average Bonchev–Trinajstić information content (AvgIpc) is 2.39. The van der Waals surface area contributed by atoms with E-state index < -0.39 is 11.7 Å². The molecule has 1 rings (SSSR count). The quantitative estimate of drug-likeness (QED) is 0.762. The molecule has 1 aliphatic rings. The molecule has 2 unspecified atom stereocenters. The van der Waals surface area contributed by atoms with E-state index in [1.54, 1.807) is 0 Å². The first-order chi connectivity index (χ1) is 8.49. The molecule has 2 atom stereocenters. The van der Waals surface area contributed by atoms with Gasteiger partial charge in [0.2, 0.25) is 0 Å². The van der Waals surface area contributed by atoms with Crippen molar-refractivity contribution < 1.29 is 9.84 Å². The number of likely N-dealkylation sites (tertiary alicyclic amines) is 1. The van der Waals surface area contributed by atoms with Crippen LogP contribution in [0.1, 0.15) is 40.0 Å². The van der Waals surface area contributed by atoms with Gasteiger partial charge in [-0.05, 0) is 45.2 Å². The van der Waals surface area contributed by atoms with Crippen LogP contribution in [0.15, 0.2) is 0 Å². The van der Waals surface area contributed by atoms with E-state index in [4.69, 9.17) is 11.2 Å². The summed E-state index contributed by atoms with van der Waals surface area (Å²) in [6, 6.07) is 0. The molecule has 1 aliphatic heterocycles. The Bertz CT molecular complexity index is 284. The SMILES string of the molecule is C#CC(C)(CC)OCC(O)CN1CCC(C)CC1.Cl. The van der Waals surface area contributed by atoms with Gasteiger partial charge in [0.15, 0.2) is 0 Å². The first-order valence-electron chi connectivity index (χ1n) is 7.01. The lowest BCUT2D eigenvalue weighted by Gasteiger charge is -2.32. The van der Waals surface area contributed by atoms with Crippen molar-refractivity contribution in [2.24, 2.45) is 5.92 Å². The van der Waals surface area contributed by atoms with E-state index in [0.29, 0.717) is 13.2 Å². The van der Waals surface area contributed by atoms with Crippen molar-refractivity contribution in [3.63, 3.8) is 0 Å². The molecule has 0 saturated carbocycles. The van der Waals surface area contributed by atoms with Gasteiger partial charge >= 0.3 is 0 Å². The number of ether oxygens (including phenoxy) is 1. The standard InChI is InChI=1S/C15H27NO2.ClH/c1-5-15(4,6-2)18-12-14(17)11-16-9-7-13(3)8-10-16;/h1,13-14,17H,6-12H2,2-4H3;1H. The van der Waals surface area contributed by atoms with Gasteiger partial charge in [-0.25, -0.2) is 0 Å². The normalized spacial score (nSPS) is 22.1. The number of β-amino-alcohol motifs (C(OH)–C–C–N with tert-alkyl or cyclic N) is 1. The average molecular weight is 290 g/mol. The second kappa shape index (κ2) is 8.81. The monoisotopic (exact) mass is 289 g/mol. The number of piperidine rings is 1. The number of rotatable bonds is 6. The van der Waals surface area contributed by atoms with Crippen molar-refractivity contribution in [1.29, 1.82) is 0 Å². The molecule has 1 saturated heterocycles. The lowest BCUT2D eigenvalue weighted by Crippen LogP contribution is -2.41. The molecule has 1 heterocycles. The van der Waals surface area contributed by atoms with Crippen molar-refractivity contribution in [3.05, 3.63) is 0 Å². The molecule has 1 N–H and O–H groups in total. The highest BCUT2D eigenvalue weighted by Gasteiger charge is 2.23. The second-order valence-electron chi connectivity index (χ2n) is 5.68. The summed E-state index contributed by atoms with van der Waals surface area (Å²) in [5.41, 5.74) is -0.544. The van der Waals surface area contributed by atoms with Crippen LogP contribution < -0.4 is 0 Å². The highest BCUT2D eigenvalue weighted by molar-refractivity contribution is 5.85. The van der Waals surface area contributed by atoms with Crippen LogP contribution in [0.4, 0.5) is 0 Å². The maximum absolute atomic E-state index is 9.99. The minimum Gasteiger partial charge on any atom is -0.389 e. The van der Waals surface area contributed by atoms with Crippen molar-refractivity contribution in [2.75, 3.05) is 26.2 Å². The van der Waals surface area contributed by atoms with Gasteiger partial charge in [-0.15, -0.1) is 18.8 Å². The van der Waals surface area contributed by atoms with Gasteiger partial charge in [0.25, 0.3) is 0 Å². The van der Waals surface area contributed by atoms with E-state index in [9.17, 15) is 5.11 Å². The topological polar surface area (TPSA) is 32.7 Å². The summed E-state index contributed by atoms with van der Waals surface area (Å²) in [6.45, 7) is 9.35. The summed E-state index contributed by atoms with van der Waals surface area (Å²) >= 11 is 0. The van der Waals surface area contributed by atoms with Crippen LogP contribution >= 0.6 is 12.4 Å². The van der Waals surface area contributed by atoms with Crippen molar-refractivity contribution in [1.82, 2.24) is 4.90 Å². The zero-order valence-electron chi connectivity index (χ0n) is 12.4. The first kappa shape index (κ1) is 18.7. The van der Waals surface area contributed by atoms with Gasteiger partial charge < -0.3 is 14.7 Å². The van der Waals surface area contributed by atoms with E-state index in [1.165, 1.54) is 12.8 Å². The lowest BCUT2D eigenvalue weighted by atomic mass is 9.99. The lowest BCUT2D eigenvalue weighted by molar-refractivity contribution is -0.0489. The molecule has 0 spiro atoms. The molecule has 0 aromatic heterocycles. The maximum Gasteiger partial charge on any atom is 0.125 e. The minimum absolute atomic E-state index is 0. The first-order valence-corrected chi connectivity index (χ1v) is 7.01. The second-order valence-corrected chi connectivity index (χ2v) is 5.68. The molecule has 0 aromatic rings. The third-order valence-corrected chi connectivity index (χ3v) is 3.92. The summed E-state index contributed by atoms with van der Waals surface area (Å²) in [5, 5.41) is 9.99. The number of hydrogen-bond acceptors (Lipinski definition) is 3. The van der Waals surface area contributed by atoms with Gasteiger partial charge in [0.1, 0.15) is 5.60 Å². The highest BCUT2D eigenvalue weighted by Crippen LogP contribution is 2.17. The highest BCUT2D eigenvalue weighted by atomic mass is 35.5. The summed E-state index contributed by atoms with van der Waals surface area (Å²) in [4.78, 5) is 2.31. The van der Waals surface area contributed by atoms with Crippen LogP contribution in [0, 0.1) is 18.3 Å².